The average Bonchev–Trinajstić information content (AvgIpc) is 2.60. The van der Waals surface area contributed by atoms with Crippen molar-refractivity contribution in [1.82, 2.24) is 15.0 Å². The molecule has 0 aliphatic carbocycles. The largest absolute Gasteiger partial charge is 0.366 e. The number of hydrogen-bond acceptors (Lipinski definition) is 5. The molecule has 2 heterocycles. The van der Waals surface area contributed by atoms with Crippen molar-refractivity contribution in [3.05, 3.63) is 71.7 Å². The molecule has 2 aromatic heterocycles. The summed E-state index contributed by atoms with van der Waals surface area (Å²) in [6, 6.07) is 15.3. The molecule has 112 valence electrons. The van der Waals surface area contributed by atoms with Gasteiger partial charge >= 0.3 is 0 Å². The van der Waals surface area contributed by atoms with Crippen LogP contribution in [0.3, 0.4) is 0 Å². The van der Waals surface area contributed by atoms with Crippen LogP contribution in [0.15, 0.2) is 54.9 Å². The second-order valence-corrected chi connectivity index (χ2v) is 5.12. The van der Waals surface area contributed by atoms with Crippen LogP contribution in [-0.4, -0.2) is 15.0 Å². The molecule has 0 unspecified atom stereocenters. The Morgan fingerprint density at radius 3 is 2.70 bits per heavy atom. The monoisotopic (exact) mass is 301 g/mol. The molecule has 0 radical (unpaired) electrons. The lowest BCUT2D eigenvalue weighted by atomic mass is 10.1. The third-order valence-corrected chi connectivity index (χ3v) is 3.32. The minimum Gasteiger partial charge on any atom is -0.366 e. The number of aryl methyl sites for hydroxylation is 1. The van der Waals surface area contributed by atoms with Crippen LogP contribution in [0.2, 0.25) is 0 Å². The van der Waals surface area contributed by atoms with Crippen molar-refractivity contribution in [2.75, 3.05) is 5.32 Å². The standard InChI is InChI=1S/C18H15N5/c1-13-9-17(21-12-15-4-2-3-14(10-15)11-19)23-18(22-13)16-5-7-20-8-6-16/h2-10H,12H2,1H3,(H,21,22,23). The molecule has 5 heteroatoms. The first kappa shape index (κ1) is 14.7. The molecule has 3 rings (SSSR count). The van der Waals surface area contributed by atoms with Gasteiger partial charge in [0.05, 0.1) is 11.6 Å². The smallest absolute Gasteiger partial charge is 0.161 e. The number of benzene rings is 1. The molecule has 0 bridgehead atoms. The summed E-state index contributed by atoms with van der Waals surface area (Å²) >= 11 is 0. The Morgan fingerprint density at radius 1 is 1.09 bits per heavy atom. The second-order valence-electron chi connectivity index (χ2n) is 5.12. The van der Waals surface area contributed by atoms with Crippen LogP contribution in [0.1, 0.15) is 16.8 Å². The van der Waals surface area contributed by atoms with Crippen molar-refractivity contribution in [2.45, 2.75) is 13.5 Å². The molecule has 0 amide bonds. The quantitative estimate of drug-likeness (QED) is 0.800. The Hall–Kier alpha value is -3.26. The van der Waals surface area contributed by atoms with Gasteiger partial charge < -0.3 is 5.32 Å². The van der Waals surface area contributed by atoms with Gasteiger partial charge in [0.1, 0.15) is 5.82 Å². The SMILES string of the molecule is Cc1cc(NCc2cccc(C#N)c2)nc(-c2ccncc2)n1. The molecule has 5 nitrogen and oxygen atoms in total. The van der Waals surface area contributed by atoms with E-state index in [1.54, 1.807) is 18.5 Å². The molecular weight excluding hydrogens is 286 g/mol. The van der Waals surface area contributed by atoms with Crippen LogP contribution < -0.4 is 5.32 Å². The molecule has 0 fully saturated rings. The van der Waals surface area contributed by atoms with Crippen molar-refractivity contribution in [3.8, 4) is 17.5 Å². The summed E-state index contributed by atoms with van der Waals surface area (Å²) in [7, 11) is 0. The average molecular weight is 301 g/mol. The summed E-state index contributed by atoms with van der Waals surface area (Å²) in [6.07, 6.45) is 3.45. The van der Waals surface area contributed by atoms with Crippen LogP contribution in [0, 0.1) is 18.3 Å². The van der Waals surface area contributed by atoms with Crippen molar-refractivity contribution < 1.29 is 0 Å². The highest BCUT2D eigenvalue weighted by Crippen LogP contribution is 2.17. The normalized spacial score (nSPS) is 10.1. The highest BCUT2D eigenvalue weighted by molar-refractivity contribution is 5.56. The molecule has 0 saturated carbocycles. The lowest BCUT2D eigenvalue weighted by Gasteiger charge is -2.09. The van der Waals surface area contributed by atoms with Crippen LogP contribution >= 0.6 is 0 Å². The lowest BCUT2D eigenvalue weighted by Crippen LogP contribution is -2.04. The highest BCUT2D eigenvalue weighted by Gasteiger charge is 2.05. The minimum atomic E-state index is 0.599. The number of hydrogen-bond donors (Lipinski definition) is 1. The first-order valence-corrected chi connectivity index (χ1v) is 7.23. The highest BCUT2D eigenvalue weighted by atomic mass is 15.0. The number of nitriles is 1. The number of nitrogens with zero attached hydrogens (tertiary/aromatic N) is 4. The molecule has 0 atom stereocenters. The maximum absolute atomic E-state index is 8.95. The van der Waals surface area contributed by atoms with E-state index in [0.717, 1.165) is 22.6 Å². The molecule has 0 aliphatic heterocycles. The van der Waals surface area contributed by atoms with Crippen molar-refractivity contribution in [3.63, 3.8) is 0 Å². The maximum Gasteiger partial charge on any atom is 0.161 e. The number of anilines is 1. The van der Waals surface area contributed by atoms with Gasteiger partial charge in [-0.15, -0.1) is 0 Å². The number of rotatable bonds is 4. The van der Waals surface area contributed by atoms with E-state index in [0.29, 0.717) is 17.9 Å². The van der Waals surface area contributed by atoms with Gasteiger partial charge in [-0.05, 0) is 36.8 Å². The van der Waals surface area contributed by atoms with Gasteiger partial charge in [0.25, 0.3) is 0 Å². The maximum atomic E-state index is 8.95. The van der Waals surface area contributed by atoms with Crippen molar-refractivity contribution >= 4 is 5.82 Å². The van der Waals surface area contributed by atoms with Crippen molar-refractivity contribution in [1.29, 1.82) is 5.26 Å². The molecule has 0 saturated heterocycles. The summed E-state index contributed by atoms with van der Waals surface area (Å²) < 4.78 is 0. The van der Waals surface area contributed by atoms with E-state index in [9.17, 15) is 0 Å². The third kappa shape index (κ3) is 3.69. The summed E-state index contributed by atoms with van der Waals surface area (Å²) in [4.78, 5) is 13.0. The van der Waals surface area contributed by atoms with Gasteiger partial charge in [0.2, 0.25) is 0 Å². The fourth-order valence-electron chi connectivity index (χ4n) is 2.23. The molecule has 1 aromatic carbocycles. The number of pyridine rings is 1. The van der Waals surface area contributed by atoms with Gasteiger partial charge in [0.15, 0.2) is 5.82 Å². The van der Waals surface area contributed by atoms with Gasteiger partial charge in [-0.1, -0.05) is 12.1 Å². The van der Waals surface area contributed by atoms with E-state index < -0.39 is 0 Å². The van der Waals surface area contributed by atoms with Crippen molar-refractivity contribution in [2.24, 2.45) is 0 Å². The third-order valence-electron chi connectivity index (χ3n) is 3.32. The zero-order valence-corrected chi connectivity index (χ0v) is 12.7. The number of nitrogens with one attached hydrogen (secondary N) is 1. The van der Waals surface area contributed by atoms with E-state index in [1.165, 1.54) is 0 Å². The second kappa shape index (κ2) is 6.67. The summed E-state index contributed by atoms with van der Waals surface area (Å²) in [5.41, 5.74) is 3.50. The van der Waals surface area contributed by atoms with Gasteiger partial charge in [-0.2, -0.15) is 5.26 Å². The van der Waals surface area contributed by atoms with Gasteiger partial charge in [-0.25, -0.2) is 9.97 Å². The van der Waals surface area contributed by atoms with Crippen LogP contribution in [0.5, 0.6) is 0 Å². The van der Waals surface area contributed by atoms with Crippen LogP contribution in [0.4, 0.5) is 5.82 Å². The van der Waals surface area contributed by atoms with E-state index in [-0.39, 0.29) is 0 Å². The Labute approximate surface area is 134 Å². The summed E-state index contributed by atoms with van der Waals surface area (Å²) in [5, 5.41) is 12.2. The Kier molecular flexibility index (Phi) is 4.25. The molecule has 3 aromatic rings. The summed E-state index contributed by atoms with van der Waals surface area (Å²) in [5.74, 6) is 1.42. The predicted molar refractivity (Wildman–Crippen MR) is 88.5 cm³/mol. The Morgan fingerprint density at radius 2 is 1.91 bits per heavy atom. The molecule has 0 aliphatic rings. The molecule has 1 N–H and O–H groups in total. The zero-order valence-electron chi connectivity index (χ0n) is 12.7. The van der Waals surface area contributed by atoms with Gasteiger partial charge in [-0.3, -0.25) is 4.98 Å². The van der Waals surface area contributed by atoms with E-state index >= 15 is 0 Å². The lowest BCUT2D eigenvalue weighted by molar-refractivity contribution is 1.06. The fourth-order valence-corrected chi connectivity index (χ4v) is 2.23. The van der Waals surface area contributed by atoms with E-state index in [4.69, 9.17) is 5.26 Å². The predicted octanol–water partition coefficient (Wildman–Crippen LogP) is 3.33. The molecular formula is C18H15N5. The first-order valence-electron chi connectivity index (χ1n) is 7.23. The fraction of sp³-hybridized carbons (Fsp3) is 0.111. The van der Waals surface area contributed by atoms with E-state index in [2.05, 4.69) is 26.3 Å². The topological polar surface area (TPSA) is 74.5 Å². The molecule has 0 spiro atoms. The zero-order chi connectivity index (χ0) is 16.1. The van der Waals surface area contributed by atoms with Gasteiger partial charge in [0, 0.05) is 36.3 Å². The first-order chi connectivity index (χ1) is 11.2. The minimum absolute atomic E-state index is 0.599. The Balaban J connectivity index is 1.81. The van der Waals surface area contributed by atoms with E-state index in [1.807, 2.05) is 43.3 Å². The number of aromatic nitrogens is 3. The molecule has 23 heavy (non-hydrogen) atoms. The van der Waals surface area contributed by atoms with Crippen LogP contribution in [-0.2, 0) is 6.54 Å². The van der Waals surface area contributed by atoms with Crippen LogP contribution in [0.25, 0.3) is 11.4 Å². The summed E-state index contributed by atoms with van der Waals surface area (Å²) in [6.45, 7) is 2.54. The Bertz CT molecular complexity index is 853.